The monoisotopic (exact) mass is 181 g/mol. The van der Waals surface area contributed by atoms with Crippen LogP contribution in [0.25, 0.3) is 0 Å². The summed E-state index contributed by atoms with van der Waals surface area (Å²) in [5, 5.41) is 0. The Labute approximate surface area is 78.8 Å². The van der Waals surface area contributed by atoms with E-state index in [4.69, 9.17) is 0 Å². The lowest BCUT2D eigenvalue weighted by Crippen LogP contribution is -2.08. The number of methoxy groups -OCH3 is 1. The lowest BCUT2D eigenvalue weighted by atomic mass is 9.99. The highest BCUT2D eigenvalue weighted by molar-refractivity contribution is 5.70. The Kier molecular flexibility index (Phi) is 5.52. The summed E-state index contributed by atoms with van der Waals surface area (Å²) in [6.07, 6.45) is 3.60. The van der Waals surface area contributed by atoms with Crippen LogP contribution in [-0.2, 0) is 9.53 Å². The summed E-state index contributed by atoms with van der Waals surface area (Å²) in [5.74, 6) is -0.167. The molecule has 0 bridgehead atoms. The molecular weight excluding hydrogens is 166 g/mol. The molecule has 0 heterocycles. The minimum absolute atomic E-state index is 0.0652. The molecule has 0 saturated heterocycles. The zero-order valence-electron chi connectivity index (χ0n) is 8.12. The lowest BCUT2D eigenvalue weighted by Gasteiger charge is -2.09. The van der Waals surface area contributed by atoms with Crippen LogP contribution in [0.2, 0.25) is 0 Å². The summed E-state index contributed by atoms with van der Waals surface area (Å²) >= 11 is 0. The van der Waals surface area contributed by atoms with Crippen molar-refractivity contribution in [2.75, 3.05) is 7.11 Å². The molecule has 0 amide bonds. The van der Waals surface area contributed by atoms with Gasteiger partial charge in [-0.05, 0) is 18.2 Å². The first-order valence-electron chi connectivity index (χ1n) is 4.00. The van der Waals surface area contributed by atoms with E-state index in [-0.39, 0.29) is 11.9 Å². The van der Waals surface area contributed by atoms with E-state index in [1.807, 2.05) is 6.92 Å². The highest BCUT2D eigenvalue weighted by atomic mass is 16.5. The van der Waals surface area contributed by atoms with Crippen molar-refractivity contribution in [2.45, 2.75) is 13.3 Å². The van der Waals surface area contributed by atoms with Gasteiger partial charge < -0.3 is 4.74 Å². The van der Waals surface area contributed by atoms with Gasteiger partial charge in [0.1, 0.15) is 0 Å². The number of esters is 1. The largest absolute Gasteiger partial charge is 0.469 e. The highest BCUT2D eigenvalue weighted by Crippen LogP contribution is 2.15. The van der Waals surface area contributed by atoms with Crippen molar-refractivity contribution in [1.29, 1.82) is 0 Å². The zero-order valence-corrected chi connectivity index (χ0v) is 8.12. The third-order valence-corrected chi connectivity index (χ3v) is 1.75. The van der Waals surface area contributed by atoms with Crippen LogP contribution in [0, 0.1) is 5.92 Å². The average Bonchev–Trinajstić information content (AvgIpc) is 2.13. The van der Waals surface area contributed by atoms with Crippen LogP contribution >= 0.6 is 0 Å². The van der Waals surface area contributed by atoms with E-state index in [9.17, 15) is 4.79 Å². The Morgan fingerprint density at radius 2 is 2.31 bits per heavy atom. The molecule has 1 atom stereocenters. The van der Waals surface area contributed by atoms with Crippen LogP contribution in [-0.4, -0.2) is 19.8 Å². The van der Waals surface area contributed by atoms with E-state index in [0.717, 1.165) is 5.57 Å². The molecule has 13 heavy (non-hydrogen) atoms. The Morgan fingerprint density at radius 3 is 2.69 bits per heavy atom. The summed E-state index contributed by atoms with van der Waals surface area (Å²) in [4.78, 5) is 14.5. The number of hydrogen-bond donors (Lipinski definition) is 0. The molecular formula is C10H15NO2. The van der Waals surface area contributed by atoms with Crippen molar-refractivity contribution in [3.05, 3.63) is 24.4 Å². The van der Waals surface area contributed by atoms with Gasteiger partial charge in [0.2, 0.25) is 0 Å². The second kappa shape index (κ2) is 6.17. The third-order valence-electron chi connectivity index (χ3n) is 1.75. The van der Waals surface area contributed by atoms with Gasteiger partial charge in [-0.2, -0.15) is 0 Å². The molecule has 3 nitrogen and oxygen atoms in total. The predicted molar refractivity (Wildman–Crippen MR) is 53.6 cm³/mol. The minimum atomic E-state index is -0.232. The first-order chi connectivity index (χ1) is 6.15. The Bertz CT molecular complexity index is 231. The standard InChI is InChI=1S/C10H15NO2/c1-5-9(7-11-3)8(2)6-10(12)13-4/h5,7-8H,1,3,6H2,2,4H3/b9-7+. The highest BCUT2D eigenvalue weighted by Gasteiger charge is 2.11. The maximum Gasteiger partial charge on any atom is 0.306 e. The minimum Gasteiger partial charge on any atom is -0.469 e. The number of aliphatic imine (C=N–C) groups is 1. The quantitative estimate of drug-likeness (QED) is 0.369. The van der Waals surface area contributed by atoms with Crippen molar-refractivity contribution in [3.8, 4) is 0 Å². The number of carbonyl (C=O) groups is 1. The van der Waals surface area contributed by atoms with Gasteiger partial charge >= 0.3 is 5.97 Å². The van der Waals surface area contributed by atoms with Crippen LogP contribution in [0.3, 0.4) is 0 Å². The van der Waals surface area contributed by atoms with Crippen LogP contribution < -0.4 is 0 Å². The van der Waals surface area contributed by atoms with Crippen molar-refractivity contribution >= 4 is 12.7 Å². The fourth-order valence-corrected chi connectivity index (χ4v) is 0.938. The molecule has 0 radical (unpaired) electrons. The van der Waals surface area contributed by atoms with Crippen LogP contribution in [0.5, 0.6) is 0 Å². The first-order valence-corrected chi connectivity index (χ1v) is 4.00. The second-order valence-electron chi connectivity index (χ2n) is 2.70. The summed E-state index contributed by atoms with van der Waals surface area (Å²) in [7, 11) is 1.37. The fraction of sp³-hybridized carbons (Fsp3) is 0.400. The Balaban J connectivity index is 4.29. The molecule has 0 aromatic heterocycles. The smallest absolute Gasteiger partial charge is 0.306 e. The van der Waals surface area contributed by atoms with E-state index in [0.29, 0.717) is 6.42 Å². The van der Waals surface area contributed by atoms with Crippen molar-refractivity contribution in [2.24, 2.45) is 10.9 Å². The van der Waals surface area contributed by atoms with E-state index >= 15 is 0 Å². The number of hydrogen-bond acceptors (Lipinski definition) is 3. The third kappa shape index (κ3) is 4.25. The fourth-order valence-electron chi connectivity index (χ4n) is 0.938. The van der Waals surface area contributed by atoms with E-state index in [1.165, 1.54) is 7.11 Å². The topological polar surface area (TPSA) is 38.7 Å². The molecule has 0 aliphatic carbocycles. The van der Waals surface area contributed by atoms with E-state index < -0.39 is 0 Å². The number of carbonyl (C=O) groups excluding carboxylic acids is 1. The van der Waals surface area contributed by atoms with Gasteiger partial charge in [-0.3, -0.25) is 9.79 Å². The molecule has 0 aliphatic rings. The normalized spacial score (nSPS) is 13.2. The second-order valence-corrected chi connectivity index (χ2v) is 2.70. The average molecular weight is 181 g/mol. The first kappa shape index (κ1) is 11.6. The molecule has 0 aromatic carbocycles. The number of allylic oxidation sites excluding steroid dienone is 2. The van der Waals surface area contributed by atoms with Crippen molar-refractivity contribution < 1.29 is 9.53 Å². The molecule has 0 aromatic rings. The summed E-state index contributed by atoms with van der Waals surface area (Å²) in [5.41, 5.74) is 0.889. The lowest BCUT2D eigenvalue weighted by molar-refractivity contribution is -0.141. The molecule has 0 spiro atoms. The summed E-state index contributed by atoms with van der Waals surface area (Å²) < 4.78 is 4.55. The van der Waals surface area contributed by atoms with Gasteiger partial charge in [0.25, 0.3) is 0 Å². The molecule has 0 aliphatic heterocycles. The van der Waals surface area contributed by atoms with Gasteiger partial charge in [-0.15, -0.1) is 0 Å². The molecule has 0 fully saturated rings. The van der Waals surface area contributed by atoms with Crippen LogP contribution in [0.4, 0.5) is 0 Å². The molecule has 3 heteroatoms. The van der Waals surface area contributed by atoms with Gasteiger partial charge in [0.05, 0.1) is 13.5 Å². The van der Waals surface area contributed by atoms with Crippen molar-refractivity contribution in [3.63, 3.8) is 0 Å². The summed E-state index contributed by atoms with van der Waals surface area (Å²) in [6.45, 7) is 8.88. The van der Waals surface area contributed by atoms with Gasteiger partial charge in [-0.1, -0.05) is 19.6 Å². The molecule has 0 N–H and O–H groups in total. The molecule has 0 saturated carbocycles. The predicted octanol–water partition coefficient (Wildman–Crippen LogP) is 1.96. The molecule has 0 rings (SSSR count). The summed E-state index contributed by atoms with van der Waals surface area (Å²) in [6, 6.07) is 0. The van der Waals surface area contributed by atoms with E-state index in [1.54, 1.807) is 12.3 Å². The Hall–Kier alpha value is -1.38. The number of ether oxygens (including phenoxy) is 1. The zero-order chi connectivity index (χ0) is 10.3. The maximum absolute atomic E-state index is 10.9. The maximum atomic E-state index is 10.9. The van der Waals surface area contributed by atoms with Gasteiger partial charge in [0.15, 0.2) is 0 Å². The van der Waals surface area contributed by atoms with Gasteiger partial charge in [0, 0.05) is 6.20 Å². The van der Waals surface area contributed by atoms with Gasteiger partial charge in [-0.25, -0.2) is 0 Å². The number of nitrogens with zero attached hydrogens (tertiary/aromatic N) is 1. The molecule has 1 unspecified atom stereocenters. The number of rotatable bonds is 5. The van der Waals surface area contributed by atoms with Crippen molar-refractivity contribution in [1.82, 2.24) is 0 Å². The van der Waals surface area contributed by atoms with Crippen LogP contribution in [0.1, 0.15) is 13.3 Å². The van der Waals surface area contributed by atoms with E-state index in [2.05, 4.69) is 23.0 Å². The Morgan fingerprint density at radius 1 is 1.69 bits per heavy atom. The SMILES string of the molecule is C=C/C(=C\N=C)C(C)CC(=O)OC. The molecule has 72 valence electrons. The van der Waals surface area contributed by atoms with Crippen LogP contribution in [0.15, 0.2) is 29.4 Å².